The van der Waals surface area contributed by atoms with Crippen LogP contribution in [0.25, 0.3) is 0 Å². The minimum atomic E-state index is -1.23. The highest BCUT2D eigenvalue weighted by Crippen LogP contribution is 2.24. The van der Waals surface area contributed by atoms with E-state index >= 15 is 0 Å². The molecule has 94 valence electrons. The predicted molar refractivity (Wildman–Crippen MR) is 61.3 cm³/mol. The van der Waals surface area contributed by atoms with Gasteiger partial charge in [0.15, 0.2) is 11.1 Å². The van der Waals surface area contributed by atoms with Gasteiger partial charge in [-0.05, 0) is 33.6 Å². The molecule has 0 aromatic carbocycles. The second-order valence-corrected chi connectivity index (χ2v) is 5.93. The molecule has 1 unspecified atom stereocenters. The maximum absolute atomic E-state index is 11.4. The van der Waals surface area contributed by atoms with E-state index in [4.69, 9.17) is 8.92 Å². The van der Waals surface area contributed by atoms with Gasteiger partial charge in [0.25, 0.3) is 0 Å². The zero-order chi connectivity index (χ0) is 12.3. The van der Waals surface area contributed by atoms with Crippen molar-refractivity contribution in [1.82, 2.24) is 5.32 Å². The lowest BCUT2D eigenvalue weighted by Crippen LogP contribution is -2.49. The molecule has 1 aliphatic carbocycles. The number of carbonyl (C=O) groups excluding carboxylic acids is 1. The van der Waals surface area contributed by atoms with Crippen LogP contribution in [0.2, 0.25) is 0 Å². The van der Waals surface area contributed by atoms with Gasteiger partial charge in [0.2, 0.25) is 0 Å². The molecule has 0 bridgehead atoms. The van der Waals surface area contributed by atoms with Crippen LogP contribution in [-0.4, -0.2) is 34.3 Å². The summed E-state index contributed by atoms with van der Waals surface area (Å²) in [6.07, 6.45) is 2.46. The zero-order valence-corrected chi connectivity index (χ0v) is 10.9. The average Bonchev–Trinajstić information content (AvgIpc) is 1.95. The summed E-state index contributed by atoms with van der Waals surface area (Å²) in [6.45, 7) is 5.46. The second-order valence-electron chi connectivity index (χ2n) is 4.93. The van der Waals surface area contributed by atoms with Crippen LogP contribution in [0.15, 0.2) is 0 Å². The molecule has 1 atom stereocenters. The molecule has 0 aromatic heterocycles. The second kappa shape index (κ2) is 5.14. The molecule has 5 nitrogen and oxygen atoms in total. The number of rotatable bonds is 3. The highest BCUT2D eigenvalue weighted by Gasteiger charge is 2.33. The molecule has 0 aliphatic heterocycles. The Bertz CT molecular complexity index is 281. The number of carbonyl (C=O) groups is 1. The lowest BCUT2D eigenvalue weighted by molar-refractivity contribution is 0.0386. The molecule has 1 aliphatic rings. The molecular formula is C10H19NO4S. The SMILES string of the molecule is CS(=O)OC1CC(NC(=O)OC(C)(C)C)C1. The van der Waals surface area contributed by atoms with Gasteiger partial charge >= 0.3 is 6.09 Å². The highest BCUT2D eigenvalue weighted by molar-refractivity contribution is 7.79. The molecule has 1 saturated carbocycles. The molecule has 0 saturated heterocycles. The maximum atomic E-state index is 11.4. The van der Waals surface area contributed by atoms with Crippen LogP contribution >= 0.6 is 0 Å². The first-order chi connectivity index (χ1) is 7.26. The number of hydrogen-bond donors (Lipinski definition) is 1. The first kappa shape index (κ1) is 13.4. The van der Waals surface area contributed by atoms with E-state index in [0.717, 1.165) is 0 Å². The summed E-state index contributed by atoms with van der Waals surface area (Å²) >= 11 is -1.23. The van der Waals surface area contributed by atoms with Crippen LogP contribution in [0.4, 0.5) is 4.79 Å². The Morgan fingerprint density at radius 1 is 1.38 bits per heavy atom. The van der Waals surface area contributed by atoms with Gasteiger partial charge in [-0.15, -0.1) is 0 Å². The van der Waals surface area contributed by atoms with Crippen LogP contribution in [-0.2, 0) is 20.0 Å². The zero-order valence-electron chi connectivity index (χ0n) is 10.1. The van der Waals surface area contributed by atoms with Crippen LogP contribution in [0.3, 0.4) is 0 Å². The number of hydrogen-bond acceptors (Lipinski definition) is 4. The molecule has 0 radical (unpaired) electrons. The first-order valence-corrected chi connectivity index (χ1v) is 6.74. The van der Waals surface area contributed by atoms with Gasteiger partial charge in [-0.25, -0.2) is 9.00 Å². The standard InChI is InChI=1S/C10H19NO4S/c1-10(2,3)14-9(12)11-7-5-8(6-7)15-16(4)13/h7-8H,5-6H2,1-4H3,(H,11,12). The smallest absolute Gasteiger partial charge is 0.407 e. The van der Waals surface area contributed by atoms with Gasteiger partial charge in [-0.2, -0.15) is 0 Å². The van der Waals surface area contributed by atoms with Crippen LogP contribution in [0, 0.1) is 0 Å². The lowest BCUT2D eigenvalue weighted by Gasteiger charge is -2.34. The van der Waals surface area contributed by atoms with E-state index in [1.165, 1.54) is 6.26 Å². The quantitative estimate of drug-likeness (QED) is 0.820. The summed E-state index contributed by atoms with van der Waals surface area (Å²) in [4.78, 5) is 11.4. The Morgan fingerprint density at radius 3 is 2.38 bits per heavy atom. The summed E-state index contributed by atoms with van der Waals surface area (Å²) < 4.78 is 20.9. The normalized spacial score (nSPS) is 26.8. The van der Waals surface area contributed by atoms with Crippen LogP contribution in [0.1, 0.15) is 33.6 Å². The van der Waals surface area contributed by atoms with Gasteiger partial charge < -0.3 is 10.1 Å². The fourth-order valence-electron chi connectivity index (χ4n) is 1.43. The summed E-state index contributed by atoms with van der Waals surface area (Å²) in [5.41, 5.74) is -0.478. The van der Waals surface area contributed by atoms with Gasteiger partial charge in [-0.3, -0.25) is 4.18 Å². The first-order valence-electron chi connectivity index (χ1n) is 5.26. The molecule has 1 fully saturated rings. The van der Waals surface area contributed by atoms with Gasteiger partial charge in [0.1, 0.15) is 5.60 Å². The molecule has 0 heterocycles. The molecule has 1 amide bonds. The van der Waals surface area contributed by atoms with Gasteiger partial charge in [0, 0.05) is 12.3 Å². The van der Waals surface area contributed by atoms with E-state index in [0.29, 0.717) is 12.8 Å². The topological polar surface area (TPSA) is 64.6 Å². The fraction of sp³-hybridized carbons (Fsp3) is 0.900. The van der Waals surface area contributed by atoms with Crippen molar-refractivity contribution in [3.05, 3.63) is 0 Å². The Labute approximate surface area is 98.5 Å². The Balaban J connectivity index is 2.17. The molecule has 0 aromatic rings. The third-order valence-electron chi connectivity index (χ3n) is 2.09. The van der Waals surface area contributed by atoms with Crippen LogP contribution < -0.4 is 5.32 Å². The number of alkyl carbamates (subject to hydrolysis) is 1. The van der Waals surface area contributed by atoms with E-state index in [1.54, 1.807) is 0 Å². The summed E-state index contributed by atoms with van der Waals surface area (Å²) in [7, 11) is 0. The van der Waals surface area contributed by atoms with E-state index in [2.05, 4.69) is 5.32 Å². The van der Waals surface area contributed by atoms with Crippen molar-refractivity contribution in [2.24, 2.45) is 0 Å². The van der Waals surface area contributed by atoms with Crippen molar-refractivity contribution in [2.45, 2.75) is 51.4 Å². The van der Waals surface area contributed by atoms with Crippen molar-refractivity contribution in [1.29, 1.82) is 0 Å². The molecule has 16 heavy (non-hydrogen) atoms. The van der Waals surface area contributed by atoms with E-state index < -0.39 is 22.8 Å². The predicted octanol–water partition coefficient (Wildman–Crippen LogP) is 1.35. The monoisotopic (exact) mass is 249 g/mol. The molecule has 1 rings (SSSR count). The fourth-order valence-corrected chi connectivity index (χ4v) is 1.97. The van der Waals surface area contributed by atoms with Crippen molar-refractivity contribution < 1.29 is 17.9 Å². The molecule has 6 heteroatoms. The van der Waals surface area contributed by atoms with Crippen molar-refractivity contribution >= 4 is 17.2 Å². The maximum Gasteiger partial charge on any atom is 0.407 e. The molecule has 1 N–H and O–H groups in total. The minimum absolute atomic E-state index is 0.00855. The minimum Gasteiger partial charge on any atom is -0.444 e. The van der Waals surface area contributed by atoms with Gasteiger partial charge in [0.05, 0.1) is 6.10 Å². The van der Waals surface area contributed by atoms with Crippen LogP contribution in [0.5, 0.6) is 0 Å². The van der Waals surface area contributed by atoms with E-state index in [-0.39, 0.29) is 12.1 Å². The third kappa shape index (κ3) is 4.94. The molecular weight excluding hydrogens is 230 g/mol. The van der Waals surface area contributed by atoms with Crippen molar-refractivity contribution in [3.63, 3.8) is 0 Å². The Kier molecular flexibility index (Phi) is 4.32. The van der Waals surface area contributed by atoms with Gasteiger partial charge in [-0.1, -0.05) is 0 Å². The number of amides is 1. The third-order valence-corrected chi connectivity index (χ3v) is 2.63. The largest absolute Gasteiger partial charge is 0.444 e. The molecule has 0 spiro atoms. The summed E-state index contributed by atoms with van der Waals surface area (Å²) in [5, 5.41) is 2.74. The van der Waals surface area contributed by atoms with E-state index in [1.807, 2.05) is 20.8 Å². The highest BCUT2D eigenvalue weighted by atomic mass is 32.2. The van der Waals surface area contributed by atoms with E-state index in [9.17, 15) is 9.00 Å². The lowest BCUT2D eigenvalue weighted by atomic mass is 9.90. The Hall–Kier alpha value is -0.620. The number of ether oxygens (including phenoxy) is 1. The summed E-state index contributed by atoms with van der Waals surface area (Å²) in [5.74, 6) is 0. The Morgan fingerprint density at radius 2 is 1.94 bits per heavy atom. The van der Waals surface area contributed by atoms with Crippen molar-refractivity contribution in [2.75, 3.05) is 6.26 Å². The van der Waals surface area contributed by atoms with Crippen molar-refractivity contribution in [3.8, 4) is 0 Å². The summed E-state index contributed by atoms with van der Waals surface area (Å²) in [6, 6.07) is 0.0726. The number of nitrogens with one attached hydrogen (secondary N) is 1. The average molecular weight is 249 g/mol.